The third-order valence-electron chi connectivity index (χ3n) is 2.78. The first kappa shape index (κ1) is 13.4. The van der Waals surface area contributed by atoms with Crippen molar-refractivity contribution in [1.82, 2.24) is 20.5 Å². The molecule has 0 saturated heterocycles. The van der Waals surface area contributed by atoms with Gasteiger partial charge in [-0.05, 0) is 25.7 Å². The standard InChI is InChI=1S/C12H20N4OS/c1-7(2)6-13-11(17)8(3)18-12-14-10(15-16-12)9-4-5-9/h7-9H,4-6H2,1-3H3,(H,13,17)(H,14,15,16). The third-order valence-corrected chi connectivity index (χ3v) is 3.74. The monoisotopic (exact) mass is 268 g/mol. The first-order valence-corrected chi connectivity index (χ1v) is 7.31. The molecular formula is C12H20N4OS. The molecule has 0 spiro atoms. The summed E-state index contributed by atoms with van der Waals surface area (Å²) in [6, 6.07) is 0. The molecular weight excluding hydrogens is 248 g/mol. The molecule has 100 valence electrons. The topological polar surface area (TPSA) is 70.7 Å². The molecule has 0 radical (unpaired) electrons. The van der Waals surface area contributed by atoms with Crippen molar-refractivity contribution >= 4 is 17.7 Å². The molecule has 1 saturated carbocycles. The number of carbonyl (C=O) groups excluding carboxylic acids is 1. The Morgan fingerprint density at radius 3 is 2.83 bits per heavy atom. The van der Waals surface area contributed by atoms with Crippen molar-refractivity contribution in [1.29, 1.82) is 0 Å². The molecule has 1 heterocycles. The number of hydrogen-bond donors (Lipinski definition) is 2. The van der Waals surface area contributed by atoms with Crippen LogP contribution in [0.3, 0.4) is 0 Å². The Labute approximate surface area is 112 Å². The molecule has 1 aromatic heterocycles. The van der Waals surface area contributed by atoms with Crippen molar-refractivity contribution in [3.63, 3.8) is 0 Å². The van der Waals surface area contributed by atoms with E-state index in [1.165, 1.54) is 24.6 Å². The molecule has 0 bridgehead atoms. The molecule has 1 aromatic rings. The highest BCUT2D eigenvalue weighted by Crippen LogP contribution is 2.38. The molecule has 1 aliphatic carbocycles. The molecule has 2 N–H and O–H groups in total. The Kier molecular flexibility index (Phi) is 4.27. The van der Waals surface area contributed by atoms with Crippen molar-refractivity contribution in [3.8, 4) is 0 Å². The smallest absolute Gasteiger partial charge is 0.233 e. The highest BCUT2D eigenvalue weighted by atomic mass is 32.2. The maximum Gasteiger partial charge on any atom is 0.233 e. The lowest BCUT2D eigenvalue weighted by Crippen LogP contribution is -2.33. The van der Waals surface area contributed by atoms with E-state index < -0.39 is 0 Å². The molecule has 2 rings (SSSR count). The Hall–Kier alpha value is -1.04. The predicted octanol–water partition coefficient (Wildman–Crippen LogP) is 1.93. The van der Waals surface area contributed by atoms with Gasteiger partial charge < -0.3 is 5.32 Å². The zero-order valence-corrected chi connectivity index (χ0v) is 11.9. The fraction of sp³-hybridized carbons (Fsp3) is 0.750. The van der Waals surface area contributed by atoms with Gasteiger partial charge in [-0.1, -0.05) is 25.6 Å². The number of H-pyrrole nitrogens is 1. The third kappa shape index (κ3) is 3.73. The largest absolute Gasteiger partial charge is 0.355 e. The second-order valence-corrected chi connectivity index (χ2v) is 6.48. The summed E-state index contributed by atoms with van der Waals surface area (Å²) in [5, 5.41) is 10.5. The SMILES string of the molecule is CC(C)CNC(=O)C(C)Sc1n[nH]c(C2CC2)n1. The van der Waals surface area contributed by atoms with Crippen LogP contribution in [-0.2, 0) is 4.79 Å². The van der Waals surface area contributed by atoms with Crippen LogP contribution >= 0.6 is 11.8 Å². The number of thioether (sulfide) groups is 1. The normalized spacial score (nSPS) is 16.9. The van der Waals surface area contributed by atoms with Crippen LogP contribution in [0.5, 0.6) is 0 Å². The van der Waals surface area contributed by atoms with Gasteiger partial charge in [0.25, 0.3) is 0 Å². The molecule has 1 aliphatic rings. The number of carbonyl (C=O) groups is 1. The van der Waals surface area contributed by atoms with Crippen LogP contribution in [0.4, 0.5) is 0 Å². The molecule has 0 aromatic carbocycles. The summed E-state index contributed by atoms with van der Waals surface area (Å²) in [6.45, 7) is 6.75. The Balaban J connectivity index is 1.81. The van der Waals surface area contributed by atoms with Crippen molar-refractivity contribution in [2.45, 2.75) is 49.9 Å². The minimum Gasteiger partial charge on any atom is -0.355 e. The average molecular weight is 268 g/mol. The predicted molar refractivity (Wildman–Crippen MR) is 71.5 cm³/mol. The second kappa shape index (κ2) is 5.73. The number of amides is 1. The van der Waals surface area contributed by atoms with Gasteiger partial charge in [-0.3, -0.25) is 9.89 Å². The van der Waals surface area contributed by atoms with Crippen molar-refractivity contribution in [2.24, 2.45) is 5.92 Å². The lowest BCUT2D eigenvalue weighted by Gasteiger charge is -2.11. The molecule has 1 unspecified atom stereocenters. The van der Waals surface area contributed by atoms with Crippen LogP contribution in [0.2, 0.25) is 0 Å². The fourth-order valence-electron chi connectivity index (χ4n) is 1.51. The number of nitrogens with zero attached hydrogens (tertiary/aromatic N) is 2. The van der Waals surface area contributed by atoms with Gasteiger partial charge in [0, 0.05) is 12.5 Å². The zero-order valence-electron chi connectivity index (χ0n) is 11.1. The van der Waals surface area contributed by atoms with E-state index in [4.69, 9.17) is 0 Å². The van der Waals surface area contributed by atoms with Gasteiger partial charge in [0.15, 0.2) is 0 Å². The lowest BCUT2D eigenvalue weighted by atomic mass is 10.2. The summed E-state index contributed by atoms with van der Waals surface area (Å²) in [5.74, 6) is 2.05. The van der Waals surface area contributed by atoms with Crippen LogP contribution < -0.4 is 5.32 Å². The number of aromatic amines is 1. The molecule has 1 atom stereocenters. The van der Waals surface area contributed by atoms with Crippen molar-refractivity contribution < 1.29 is 4.79 Å². The minimum absolute atomic E-state index is 0.0477. The Morgan fingerprint density at radius 1 is 1.50 bits per heavy atom. The van der Waals surface area contributed by atoms with Crippen molar-refractivity contribution in [3.05, 3.63) is 5.82 Å². The van der Waals surface area contributed by atoms with Gasteiger partial charge in [0.2, 0.25) is 11.1 Å². The minimum atomic E-state index is -0.161. The highest BCUT2D eigenvalue weighted by molar-refractivity contribution is 8.00. The number of aromatic nitrogens is 3. The van der Waals surface area contributed by atoms with Crippen molar-refractivity contribution in [2.75, 3.05) is 6.54 Å². The average Bonchev–Trinajstić information content (AvgIpc) is 3.07. The summed E-state index contributed by atoms with van der Waals surface area (Å²) >= 11 is 1.40. The van der Waals surface area contributed by atoms with Gasteiger partial charge in [0.1, 0.15) is 5.82 Å². The van der Waals surface area contributed by atoms with Gasteiger partial charge >= 0.3 is 0 Å². The highest BCUT2D eigenvalue weighted by Gasteiger charge is 2.27. The van der Waals surface area contributed by atoms with Crippen LogP contribution in [0.25, 0.3) is 0 Å². The first-order valence-electron chi connectivity index (χ1n) is 6.43. The number of hydrogen-bond acceptors (Lipinski definition) is 4. The molecule has 5 nitrogen and oxygen atoms in total. The van der Waals surface area contributed by atoms with E-state index in [0.717, 1.165) is 5.82 Å². The van der Waals surface area contributed by atoms with Crippen LogP contribution in [0.1, 0.15) is 45.4 Å². The van der Waals surface area contributed by atoms with Gasteiger partial charge in [0.05, 0.1) is 5.25 Å². The van der Waals surface area contributed by atoms with Gasteiger partial charge in [-0.2, -0.15) is 0 Å². The maximum absolute atomic E-state index is 11.8. The lowest BCUT2D eigenvalue weighted by molar-refractivity contribution is -0.120. The summed E-state index contributed by atoms with van der Waals surface area (Å²) < 4.78 is 0. The summed E-state index contributed by atoms with van der Waals surface area (Å²) in [7, 11) is 0. The molecule has 6 heteroatoms. The van der Waals surface area contributed by atoms with E-state index in [9.17, 15) is 4.79 Å². The van der Waals surface area contributed by atoms with Crippen LogP contribution in [0.15, 0.2) is 5.16 Å². The van der Waals surface area contributed by atoms with Gasteiger partial charge in [-0.15, -0.1) is 5.10 Å². The first-order chi connectivity index (χ1) is 8.56. The number of nitrogens with one attached hydrogen (secondary N) is 2. The number of rotatable bonds is 6. The molecule has 1 fully saturated rings. The summed E-state index contributed by atoms with van der Waals surface area (Å²) in [4.78, 5) is 16.2. The van der Waals surface area contributed by atoms with Crippen LogP contribution in [0, 0.1) is 5.92 Å². The maximum atomic E-state index is 11.8. The summed E-state index contributed by atoms with van der Waals surface area (Å²) in [5.41, 5.74) is 0. The second-order valence-electron chi connectivity index (χ2n) is 5.18. The van der Waals surface area contributed by atoms with E-state index in [2.05, 4.69) is 34.3 Å². The Bertz CT molecular complexity index is 414. The van der Waals surface area contributed by atoms with E-state index in [1.807, 2.05) is 6.92 Å². The molecule has 0 aliphatic heterocycles. The van der Waals surface area contributed by atoms with E-state index in [0.29, 0.717) is 23.5 Å². The summed E-state index contributed by atoms with van der Waals surface area (Å²) in [6.07, 6.45) is 2.40. The van der Waals surface area contributed by atoms with E-state index >= 15 is 0 Å². The van der Waals surface area contributed by atoms with Crippen LogP contribution in [-0.4, -0.2) is 32.9 Å². The molecule has 1 amide bonds. The molecule has 18 heavy (non-hydrogen) atoms. The van der Waals surface area contributed by atoms with E-state index in [1.54, 1.807) is 0 Å². The fourth-order valence-corrected chi connectivity index (χ4v) is 2.27. The Morgan fingerprint density at radius 2 is 2.22 bits per heavy atom. The zero-order chi connectivity index (χ0) is 13.1. The van der Waals surface area contributed by atoms with Gasteiger partial charge in [-0.25, -0.2) is 4.98 Å². The quantitative estimate of drug-likeness (QED) is 0.773. The van der Waals surface area contributed by atoms with E-state index in [-0.39, 0.29) is 11.2 Å².